The first-order chi connectivity index (χ1) is 12.2. The van der Waals surface area contributed by atoms with Crippen molar-refractivity contribution < 1.29 is 4.74 Å². The number of likely N-dealkylation sites (N-methyl/N-ethyl adjacent to an activating group) is 1. The first-order valence-corrected chi connectivity index (χ1v) is 9.49. The zero-order chi connectivity index (χ0) is 17.0. The van der Waals surface area contributed by atoms with Crippen LogP contribution < -0.4 is 4.74 Å². The lowest BCUT2D eigenvalue weighted by Crippen LogP contribution is -2.59. The number of methoxy groups -OCH3 is 1. The molecule has 2 heterocycles. The van der Waals surface area contributed by atoms with Crippen LogP contribution in [-0.2, 0) is 11.8 Å². The normalized spacial score (nSPS) is 31.3. The molecular formula is C20H26N4O. The van der Waals surface area contributed by atoms with Gasteiger partial charge in [0.2, 0.25) is 0 Å². The molecule has 0 N–H and O–H groups in total. The van der Waals surface area contributed by atoms with Gasteiger partial charge in [-0.1, -0.05) is 12.8 Å². The van der Waals surface area contributed by atoms with Gasteiger partial charge in [-0.25, -0.2) is 9.67 Å². The Balaban J connectivity index is 1.70. The number of benzene rings is 1. The molecule has 3 atom stereocenters. The van der Waals surface area contributed by atoms with Crippen LogP contribution in [0.5, 0.6) is 5.75 Å². The van der Waals surface area contributed by atoms with Crippen molar-refractivity contribution in [2.45, 2.75) is 50.0 Å². The molecule has 1 unspecified atom stereocenters. The number of aromatic nitrogens is 3. The molecule has 5 heteroatoms. The molecule has 5 rings (SSSR count). The molecule has 2 fully saturated rings. The van der Waals surface area contributed by atoms with E-state index in [1.165, 1.54) is 44.2 Å². The average Bonchev–Trinajstić information content (AvgIpc) is 3.18. The SMILES string of the molecule is COc1cc2c(cc1-n1cncn1)C[C@H]1C3CCCC[C@]23CCN1C. The van der Waals surface area contributed by atoms with Crippen molar-refractivity contribution in [2.75, 3.05) is 20.7 Å². The summed E-state index contributed by atoms with van der Waals surface area (Å²) in [5.41, 5.74) is 4.41. The molecule has 0 spiro atoms. The number of rotatable bonds is 2. The Hall–Kier alpha value is -1.88. The second kappa shape index (κ2) is 5.56. The summed E-state index contributed by atoms with van der Waals surface area (Å²) in [4.78, 5) is 6.72. The molecule has 2 bridgehead atoms. The van der Waals surface area contributed by atoms with Crippen molar-refractivity contribution >= 4 is 0 Å². The number of ether oxygens (including phenoxy) is 1. The van der Waals surface area contributed by atoms with Crippen LogP contribution >= 0.6 is 0 Å². The monoisotopic (exact) mass is 338 g/mol. The quantitative estimate of drug-likeness (QED) is 0.844. The minimum Gasteiger partial charge on any atom is -0.494 e. The molecule has 2 aliphatic carbocycles. The summed E-state index contributed by atoms with van der Waals surface area (Å²) in [6.07, 6.45) is 11.2. The lowest BCUT2D eigenvalue weighted by atomic mass is 9.52. The van der Waals surface area contributed by atoms with E-state index < -0.39 is 0 Å². The average molecular weight is 338 g/mol. The maximum Gasteiger partial charge on any atom is 0.144 e. The van der Waals surface area contributed by atoms with Gasteiger partial charge in [0.25, 0.3) is 0 Å². The van der Waals surface area contributed by atoms with E-state index in [0.29, 0.717) is 11.5 Å². The van der Waals surface area contributed by atoms with Crippen LogP contribution in [0, 0.1) is 5.92 Å². The number of piperidine rings is 1. The molecular weight excluding hydrogens is 312 g/mol. The fourth-order valence-corrected chi connectivity index (χ4v) is 5.90. The Kier molecular flexibility index (Phi) is 3.42. The molecule has 132 valence electrons. The summed E-state index contributed by atoms with van der Waals surface area (Å²) in [5, 5.41) is 4.33. The van der Waals surface area contributed by atoms with Crippen LogP contribution in [0.4, 0.5) is 0 Å². The Morgan fingerprint density at radius 3 is 2.96 bits per heavy atom. The molecule has 0 amide bonds. The number of likely N-dealkylation sites (tertiary alicyclic amines) is 1. The van der Waals surface area contributed by atoms with Crippen molar-refractivity contribution in [3.63, 3.8) is 0 Å². The zero-order valence-electron chi connectivity index (χ0n) is 15.1. The fraction of sp³-hybridized carbons (Fsp3) is 0.600. The van der Waals surface area contributed by atoms with Gasteiger partial charge in [0, 0.05) is 11.5 Å². The minimum absolute atomic E-state index is 0.358. The molecule has 1 saturated heterocycles. The molecule has 1 aromatic heterocycles. The van der Waals surface area contributed by atoms with Crippen LogP contribution in [-0.4, -0.2) is 46.4 Å². The highest BCUT2D eigenvalue weighted by Crippen LogP contribution is 2.56. The van der Waals surface area contributed by atoms with E-state index in [-0.39, 0.29) is 0 Å². The number of nitrogens with zero attached hydrogens (tertiary/aromatic N) is 4. The van der Waals surface area contributed by atoms with Gasteiger partial charge in [-0.05, 0) is 68.5 Å². The zero-order valence-corrected chi connectivity index (χ0v) is 15.1. The van der Waals surface area contributed by atoms with Crippen LogP contribution in [0.15, 0.2) is 24.8 Å². The number of hydrogen-bond acceptors (Lipinski definition) is 4. The van der Waals surface area contributed by atoms with E-state index in [1.807, 2.05) is 4.68 Å². The lowest BCUT2D eigenvalue weighted by molar-refractivity contribution is 0.00273. The Morgan fingerprint density at radius 2 is 2.16 bits per heavy atom. The van der Waals surface area contributed by atoms with Gasteiger partial charge < -0.3 is 9.64 Å². The lowest BCUT2D eigenvalue weighted by Gasteiger charge is -2.58. The van der Waals surface area contributed by atoms with Crippen LogP contribution in [0.25, 0.3) is 5.69 Å². The van der Waals surface area contributed by atoms with E-state index in [2.05, 4.69) is 34.2 Å². The van der Waals surface area contributed by atoms with Crippen LogP contribution in [0.2, 0.25) is 0 Å². The van der Waals surface area contributed by atoms with Gasteiger partial charge >= 0.3 is 0 Å². The maximum atomic E-state index is 5.77. The summed E-state index contributed by atoms with van der Waals surface area (Å²) in [5.74, 6) is 1.72. The highest BCUT2D eigenvalue weighted by molar-refractivity contribution is 5.56. The summed E-state index contributed by atoms with van der Waals surface area (Å²) in [6, 6.07) is 5.31. The highest BCUT2D eigenvalue weighted by Gasteiger charge is 2.53. The van der Waals surface area contributed by atoms with Gasteiger partial charge in [0.15, 0.2) is 0 Å². The molecule has 5 nitrogen and oxygen atoms in total. The third kappa shape index (κ3) is 2.11. The predicted molar refractivity (Wildman–Crippen MR) is 96.3 cm³/mol. The van der Waals surface area contributed by atoms with Crippen molar-refractivity contribution in [3.05, 3.63) is 35.9 Å². The van der Waals surface area contributed by atoms with Gasteiger partial charge in [-0.15, -0.1) is 0 Å². The van der Waals surface area contributed by atoms with Crippen molar-refractivity contribution in [1.82, 2.24) is 19.7 Å². The molecule has 2 aromatic rings. The summed E-state index contributed by atoms with van der Waals surface area (Å²) in [7, 11) is 4.08. The summed E-state index contributed by atoms with van der Waals surface area (Å²) < 4.78 is 7.59. The molecule has 25 heavy (non-hydrogen) atoms. The van der Waals surface area contributed by atoms with E-state index in [9.17, 15) is 0 Å². The minimum atomic E-state index is 0.358. The Labute approximate surface area is 149 Å². The number of hydrogen-bond donors (Lipinski definition) is 0. The van der Waals surface area contributed by atoms with Gasteiger partial charge in [0.05, 0.1) is 7.11 Å². The second-order valence-electron chi connectivity index (χ2n) is 8.03. The first kappa shape index (κ1) is 15.4. The standard InChI is InChI=1S/C20H26N4O/c1-23-8-7-20-6-4-3-5-15(20)17(23)9-14-10-18(24-13-21-12-22-24)19(25-2)11-16(14)20/h10-13,15,17H,3-9H2,1-2H3/t15?,17-,20+/m0/s1. The van der Waals surface area contributed by atoms with Gasteiger partial charge in [-0.3, -0.25) is 0 Å². The molecule has 1 aliphatic heterocycles. The Bertz CT molecular complexity index is 787. The number of fused-ring (bicyclic) bond motifs is 1. The largest absolute Gasteiger partial charge is 0.494 e. The van der Waals surface area contributed by atoms with Gasteiger partial charge in [0.1, 0.15) is 24.1 Å². The van der Waals surface area contributed by atoms with E-state index in [0.717, 1.165) is 23.8 Å². The first-order valence-electron chi connectivity index (χ1n) is 9.49. The third-order valence-corrected chi connectivity index (χ3v) is 7.07. The van der Waals surface area contributed by atoms with Crippen molar-refractivity contribution in [1.29, 1.82) is 0 Å². The van der Waals surface area contributed by atoms with Crippen LogP contribution in [0.1, 0.15) is 43.2 Å². The van der Waals surface area contributed by atoms with Crippen molar-refractivity contribution in [3.8, 4) is 11.4 Å². The van der Waals surface area contributed by atoms with Crippen LogP contribution in [0.3, 0.4) is 0 Å². The third-order valence-electron chi connectivity index (χ3n) is 7.07. The maximum absolute atomic E-state index is 5.77. The smallest absolute Gasteiger partial charge is 0.144 e. The topological polar surface area (TPSA) is 43.2 Å². The van der Waals surface area contributed by atoms with Crippen molar-refractivity contribution in [2.24, 2.45) is 5.92 Å². The van der Waals surface area contributed by atoms with E-state index in [4.69, 9.17) is 4.74 Å². The summed E-state index contributed by atoms with van der Waals surface area (Å²) >= 11 is 0. The van der Waals surface area contributed by atoms with E-state index in [1.54, 1.807) is 25.3 Å². The molecule has 0 radical (unpaired) electrons. The molecule has 1 aromatic carbocycles. The Morgan fingerprint density at radius 1 is 1.24 bits per heavy atom. The predicted octanol–water partition coefficient (Wildman–Crippen LogP) is 2.96. The summed E-state index contributed by atoms with van der Waals surface area (Å²) in [6.45, 7) is 1.22. The second-order valence-corrected chi connectivity index (χ2v) is 8.03. The van der Waals surface area contributed by atoms with Gasteiger partial charge in [-0.2, -0.15) is 5.10 Å². The van der Waals surface area contributed by atoms with E-state index >= 15 is 0 Å². The fourth-order valence-electron chi connectivity index (χ4n) is 5.90. The highest BCUT2D eigenvalue weighted by atomic mass is 16.5. The molecule has 1 saturated carbocycles. The molecule has 3 aliphatic rings.